The highest BCUT2D eigenvalue weighted by Crippen LogP contribution is 2.31. The number of ether oxygens (including phenoxy) is 1. The Morgan fingerprint density at radius 3 is 3.00 bits per heavy atom. The monoisotopic (exact) mass is 335 g/mol. The van der Waals surface area contributed by atoms with Gasteiger partial charge in [0.2, 0.25) is 5.91 Å². The predicted octanol–water partition coefficient (Wildman–Crippen LogP) is 2.37. The van der Waals surface area contributed by atoms with Gasteiger partial charge >= 0.3 is 0 Å². The highest BCUT2D eigenvalue weighted by atomic mass is 79.9. The lowest BCUT2D eigenvalue weighted by atomic mass is 10.3. The minimum atomic E-state index is -0.981. The number of hydrogen-bond donors (Lipinski definition) is 2. The normalized spacial score (nSPS) is 12.0. The number of benzene rings is 1. The van der Waals surface area contributed by atoms with E-state index in [1.807, 2.05) is 12.1 Å². The topological polar surface area (TPSA) is 58.6 Å². The van der Waals surface area contributed by atoms with Crippen LogP contribution in [0.3, 0.4) is 0 Å². The van der Waals surface area contributed by atoms with Gasteiger partial charge in [-0.15, -0.1) is 0 Å². The van der Waals surface area contributed by atoms with Crippen molar-refractivity contribution in [3.8, 4) is 5.75 Å². The molecule has 0 heterocycles. The second kappa shape index (κ2) is 7.61. The number of aliphatic hydroxyl groups excluding tert-OH is 1. The summed E-state index contributed by atoms with van der Waals surface area (Å²) in [6.07, 6.45) is -0.341. The van der Waals surface area contributed by atoms with Crippen LogP contribution in [-0.2, 0) is 4.79 Å². The van der Waals surface area contributed by atoms with Crippen LogP contribution in [0.2, 0.25) is 5.02 Å². The number of carbonyl (C=O) groups is 1. The molecule has 18 heavy (non-hydrogen) atoms. The Labute approximate surface area is 119 Å². The van der Waals surface area contributed by atoms with Gasteiger partial charge in [-0.05, 0) is 41.4 Å². The lowest BCUT2D eigenvalue weighted by Crippen LogP contribution is -2.33. The summed E-state index contributed by atoms with van der Waals surface area (Å²) in [5.41, 5.74) is 0. The number of rotatable bonds is 6. The van der Waals surface area contributed by atoms with E-state index >= 15 is 0 Å². The minimum Gasteiger partial charge on any atom is -0.492 e. The molecule has 1 aromatic carbocycles. The molecule has 0 bridgehead atoms. The summed E-state index contributed by atoms with van der Waals surface area (Å²) in [7, 11) is 0. The van der Waals surface area contributed by atoms with Crippen LogP contribution in [-0.4, -0.2) is 30.3 Å². The summed E-state index contributed by atoms with van der Waals surface area (Å²) in [6, 6.07) is 5.44. The van der Waals surface area contributed by atoms with Gasteiger partial charge in [0.1, 0.15) is 11.9 Å². The van der Waals surface area contributed by atoms with Crippen LogP contribution in [0.25, 0.3) is 0 Å². The summed E-state index contributed by atoms with van der Waals surface area (Å²) in [5.74, 6) is 0.225. The van der Waals surface area contributed by atoms with E-state index in [1.54, 1.807) is 6.07 Å². The number of hydrogen-bond acceptors (Lipinski definition) is 3. The Kier molecular flexibility index (Phi) is 6.46. The summed E-state index contributed by atoms with van der Waals surface area (Å²) in [6.45, 7) is 2.32. The second-order valence-electron chi connectivity index (χ2n) is 3.72. The van der Waals surface area contributed by atoms with Crippen molar-refractivity contribution >= 4 is 33.4 Å². The van der Waals surface area contributed by atoms with E-state index in [0.29, 0.717) is 30.3 Å². The molecule has 0 saturated heterocycles. The van der Waals surface area contributed by atoms with Gasteiger partial charge in [0.25, 0.3) is 0 Å². The predicted molar refractivity (Wildman–Crippen MR) is 74.0 cm³/mol. The van der Waals surface area contributed by atoms with Crippen LogP contribution in [0.15, 0.2) is 22.7 Å². The Morgan fingerprint density at radius 2 is 2.33 bits per heavy atom. The summed E-state index contributed by atoms with van der Waals surface area (Å²) in [5, 5.41) is 12.1. The smallest absolute Gasteiger partial charge is 0.248 e. The molecule has 1 amide bonds. The van der Waals surface area contributed by atoms with Crippen molar-refractivity contribution in [2.75, 3.05) is 13.2 Å². The lowest BCUT2D eigenvalue weighted by Gasteiger charge is -2.10. The van der Waals surface area contributed by atoms with Crippen molar-refractivity contribution < 1.29 is 14.6 Å². The molecule has 6 heteroatoms. The van der Waals surface area contributed by atoms with Gasteiger partial charge in [0, 0.05) is 11.0 Å². The summed E-state index contributed by atoms with van der Waals surface area (Å²) >= 11 is 9.33. The Hall–Kier alpha value is -0.780. The van der Waals surface area contributed by atoms with Crippen LogP contribution in [0.5, 0.6) is 5.75 Å². The van der Waals surface area contributed by atoms with Crippen molar-refractivity contribution in [3.05, 3.63) is 27.7 Å². The molecule has 100 valence electrons. The second-order valence-corrected chi connectivity index (χ2v) is 4.95. The fraction of sp³-hybridized carbons (Fsp3) is 0.417. The van der Waals surface area contributed by atoms with Crippen LogP contribution in [0.1, 0.15) is 13.3 Å². The average molecular weight is 337 g/mol. The zero-order valence-corrected chi connectivity index (χ0v) is 12.3. The van der Waals surface area contributed by atoms with E-state index in [0.717, 1.165) is 4.47 Å². The van der Waals surface area contributed by atoms with E-state index in [1.165, 1.54) is 6.92 Å². The van der Waals surface area contributed by atoms with Gasteiger partial charge in [0.15, 0.2) is 0 Å². The molecule has 1 aromatic rings. The molecular formula is C12H15BrClNO3. The fourth-order valence-electron chi connectivity index (χ4n) is 1.21. The Balaban J connectivity index is 2.26. The number of aliphatic hydroxyl groups is 1. The Bertz CT molecular complexity index is 412. The van der Waals surface area contributed by atoms with Crippen LogP contribution in [0, 0.1) is 0 Å². The van der Waals surface area contributed by atoms with E-state index in [2.05, 4.69) is 21.2 Å². The maximum atomic E-state index is 11.0. The molecule has 0 aromatic heterocycles. The highest BCUT2D eigenvalue weighted by Gasteiger charge is 2.07. The van der Waals surface area contributed by atoms with Crippen molar-refractivity contribution in [3.63, 3.8) is 0 Å². The molecule has 0 aliphatic rings. The third-order valence-electron chi connectivity index (χ3n) is 2.17. The van der Waals surface area contributed by atoms with Gasteiger partial charge in [-0.2, -0.15) is 0 Å². The van der Waals surface area contributed by atoms with Crippen LogP contribution in [0.4, 0.5) is 0 Å². The Morgan fingerprint density at radius 1 is 1.61 bits per heavy atom. The third kappa shape index (κ3) is 4.84. The van der Waals surface area contributed by atoms with E-state index in [4.69, 9.17) is 21.4 Å². The number of amides is 1. The van der Waals surface area contributed by atoms with Crippen molar-refractivity contribution in [2.24, 2.45) is 0 Å². The van der Waals surface area contributed by atoms with Gasteiger partial charge < -0.3 is 15.2 Å². The maximum absolute atomic E-state index is 11.0. The quantitative estimate of drug-likeness (QED) is 0.784. The molecule has 0 aliphatic heterocycles. The molecule has 1 unspecified atom stereocenters. The molecule has 0 saturated carbocycles. The fourth-order valence-corrected chi connectivity index (χ4v) is 1.74. The molecule has 0 fully saturated rings. The zero-order chi connectivity index (χ0) is 13.5. The lowest BCUT2D eigenvalue weighted by molar-refractivity contribution is -0.128. The molecule has 1 atom stereocenters. The number of carbonyl (C=O) groups excluding carboxylic acids is 1. The average Bonchev–Trinajstić information content (AvgIpc) is 2.33. The number of halogens is 2. The summed E-state index contributed by atoms with van der Waals surface area (Å²) in [4.78, 5) is 11.0. The van der Waals surface area contributed by atoms with E-state index in [-0.39, 0.29) is 5.91 Å². The van der Waals surface area contributed by atoms with Gasteiger partial charge in [-0.1, -0.05) is 17.7 Å². The molecule has 1 rings (SSSR count). The van der Waals surface area contributed by atoms with Gasteiger partial charge in [-0.25, -0.2) is 0 Å². The number of nitrogens with one attached hydrogen (secondary N) is 1. The largest absolute Gasteiger partial charge is 0.492 e. The summed E-state index contributed by atoms with van der Waals surface area (Å²) < 4.78 is 6.27. The van der Waals surface area contributed by atoms with Crippen LogP contribution < -0.4 is 10.1 Å². The first-order valence-electron chi connectivity index (χ1n) is 5.55. The van der Waals surface area contributed by atoms with E-state index in [9.17, 15) is 4.79 Å². The molecule has 2 N–H and O–H groups in total. The molecule has 0 radical (unpaired) electrons. The van der Waals surface area contributed by atoms with Gasteiger partial charge in [-0.3, -0.25) is 4.79 Å². The highest BCUT2D eigenvalue weighted by molar-refractivity contribution is 9.10. The van der Waals surface area contributed by atoms with Crippen molar-refractivity contribution in [1.29, 1.82) is 0 Å². The maximum Gasteiger partial charge on any atom is 0.248 e. The minimum absolute atomic E-state index is 0.379. The third-order valence-corrected chi connectivity index (χ3v) is 3.45. The molecule has 0 aliphatic carbocycles. The van der Waals surface area contributed by atoms with Crippen molar-refractivity contribution in [2.45, 2.75) is 19.4 Å². The van der Waals surface area contributed by atoms with Crippen molar-refractivity contribution in [1.82, 2.24) is 5.32 Å². The van der Waals surface area contributed by atoms with E-state index < -0.39 is 6.10 Å². The zero-order valence-electron chi connectivity index (χ0n) is 9.95. The standard InChI is InChI=1S/C12H15BrClNO3/c1-8(16)12(17)15-6-3-7-18-10-5-2-4-9(13)11(10)14/h2,4-5,8,16H,3,6-7H2,1H3,(H,15,17). The SMILES string of the molecule is CC(O)C(=O)NCCCOc1cccc(Br)c1Cl. The molecular weight excluding hydrogens is 321 g/mol. The van der Waals surface area contributed by atoms with Gasteiger partial charge in [0.05, 0.1) is 11.6 Å². The first-order valence-corrected chi connectivity index (χ1v) is 6.72. The molecule has 4 nitrogen and oxygen atoms in total. The molecule has 0 spiro atoms. The first-order chi connectivity index (χ1) is 8.52. The van der Waals surface area contributed by atoms with Crippen LogP contribution >= 0.6 is 27.5 Å². The first kappa shape index (κ1) is 15.3.